The number of benzene rings is 2. The number of rotatable bonds is 19. The fourth-order valence-corrected chi connectivity index (χ4v) is 9.59. The van der Waals surface area contributed by atoms with Gasteiger partial charge in [-0.1, -0.05) is 68.3 Å². The van der Waals surface area contributed by atoms with Gasteiger partial charge in [-0.3, -0.25) is 24.5 Å². The first-order valence-corrected chi connectivity index (χ1v) is 26.7. The average Bonchev–Trinajstić information content (AvgIpc) is 4.25. The van der Waals surface area contributed by atoms with Gasteiger partial charge in [-0.25, -0.2) is 19.2 Å². The Balaban J connectivity index is 1.23. The van der Waals surface area contributed by atoms with E-state index in [1.807, 2.05) is 13.0 Å². The predicted octanol–water partition coefficient (Wildman–Crippen LogP) is 4.03. The maximum Gasteiger partial charge on any atom is 0.409 e. The first-order valence-electron chi connectivity index (χ1n) is 26.3. The normalized spacial score (nSPS) is 25.1. The number of anilines is 2. The molecule has 2 saturated heterocycles. The summed E-state index contributed by atoms with van der Waals surface area (Å²) in [5.41, 5.74) is 10.8. The van der Waals surface area contributed by atoms with Gasteiger partial charge in [0.1, 0.15) is 53.4 Å². The van der Waals surface area contributed by atoms with Crippen LogP contribution >= 0.6 is 11.6 Å². The topological polar surface area (TPSA) is 325 Å². The van der Waals surface area contributed by atoms with Crippen LogP contribution in [0.4, 0.5) is 25.8 Å². The van der Waals surface area contributed by atoms with E-state index in [1.165, 1.54) is 52.1 Å². The highest BCUT2D eigenvalue weighted by Crippen LogP contribution is 2.49. The van der Waals surface area contributed by atoms with Crippen LogP contribution in [-0.4, -0.2) is 165 Å². The van der Waals surface area contributed by atoms with Crippen LogP contribution in [0.1, 0.15) is 84.8 Å². The van der Waals surface area contributed by atoms with Gasteiger partial charge in [-0.15, -0.1) is 0 Å². The Bertz CT molecular complexity index is 2660. The molecule has 0 radical (unpaired) electrons. The Labute approximate surface area is 471 Å². The van der Waals surface area contributed by atoms with E-state index in [9.17, 15) is 43.5 Å². The summed E-state index contributed by atoms with van der Waals surface area (Å²) in [5, 5.41) is 22.4. The number of epoxide rings is 1. The monoisotopic (exact) mass is 1140 g/mol. The molecule has 10 atom stereocenters. The number of carbonyl (C=O) groups is 8. The number of urea groups is 1. The van der Waals surface area contributed by atoms with Crippen LogP contribution in [0, 0.1) is 11.8 Å². The third-order valence-corrected chi connectivity index (χ3v) is 15.1. The van der Waals surface area contributed by atoms with Gasteiger partial charge in [0.25, 0.3) is 0 Å². The van der Waals surface area contributed by atoms with Crippen LogP contribution in [0.2, 0.25) is 5.02 Å². The van der Waals surface area contributed by atoms with E-state index >= 15 is 0 Å². The molecule has 4 bridgehead atoms. The van der Waals surface area contributed by atoms with Gasteiger partial charge in [0, 0.05) is 65.8 Å². The van der Waals surface area contributed by atoms with Crippen molar-refractivity contribution >= 4 is 70.8 Å². The van der Waals surface area contributed by atoms with E-state index in [4.69, 9.17) is 51.5 Å². The zero-order valence-corrected chi connectivity index (χ0v) is 48.0. The Kier molecular flexibility index (Phi) is 22.3. The molecular formula is C55H78ClN9O15. The first kappa shape index (κ1) is 63.8. The fourth-order valence-electron chi connectivity index (χ4n) is 9.28. The van der Waals surface area contributed by atoms with Gasteiger partial charge >= 0.3 is 24.2 Å². The third-order valence-electron chi connectivity index (χ3n) is 14.7. The van der Waals surface area contributed by atoms with Crippen molar-refractivity contribution in [3.05, 3.63) is 76.3 Å². The van der Waals surface area contributed by atoms with Gasteiger partial charge in [-0.2, -0.15) is 0 Å². The number of hydrogen-bond acceptors (Lipinski definition) is 16. The number of esters is 1. The van der Waals surface area contributed by atoms with E-state index in [1.54, 1.807) is 76.2 Å². The standard InChI is InChI=1S/C55H78ClN9O15/c1-30(2)46(57)49(69)61-37(15-13-22-59-51(58)71)48(68)60-36-19-17-34(18-20-36)29-77-53(73)63(7)23-21-43(66)64(8)33(5)50(70)79-42-27-44(67)65(9)38-25-35(26-39(75-10)45(38)56)24-31(3)14-12-16-41(76-11)55(74)28-40(78-52(72)62-55)32(4)47-54(42,6)80-47/h12,14,16-20,25-26,30,32-33,37,40-42,46-47,74H,13,15,21-24,27-29,57H2,1-11H3,(H,60,68)(H,61,69)(H,62,72)(H3,58,59,71)/b16-12+,31-14+/t32-,33+,37+,40+,41-,42+,46+,47+,54?,55+/m1/s1. The van der Waals surface area contributed by atoms with Crippen LogP contribution in [-0.2, 0) is 60.7 Å². The summed E-state index contributed by atoms with van der Waals surface area (Å²) in [6.07, 6.45) is -0.239. The zero-order valence-electron chi connectivity index (χ0n) is 47.3. The molecule has 2 fully saturated rings. The van der Waals surface area contributed by atoms with Gasteiger partial charge in [0.05, 0.1) is 31.4 Å². The lowest BCUT2D eigenvalue weighted by Gasteiger charge is -2.42. The Morgan fingerprint density at radius 1 is 1.05 bits per heavy atom. The zero-order chi connectivity index (χ0) is 59.4. The quantitative estimate of drug-likeness (QED) is 0.0452. The molecule has 9 N–H and O–H groups in total. The molecule has 0 saturated carbocycles. The molecule has 80 heavy (non-hydrogen) atoms. The van der Waals surface area contributed by atoms with Crippen LogP contribution in [0.15, 0.2) is 60.2 Å². The molecule has 3 aliphatic rings. The molecular weight excluding hydrogens is 1060 g/mol. The van der Waals surface area contributed by atoms with Crippen molar-refractivity contribution in [3.63, 3.8) is 0 Å². The lowest BCUT2D eigenvalue weighted by atomic mass is 9.83. The number of nitrogens with two attached hydrogens (primary N) is 2. The Morgan fingerprint density at radius 2 is 1.74 bits per heavy atom. The smallest absolute Gasteiger partial charge is 0.409 e. The van der Waals surface area contributed by atoms with E-state index < -0.39 is 114 Å². The fraction of sp³-hybridized carbons (Fsp3) is 0.564. The molecule has 3 aliphatic heterocycles. The summed E-state index contributed by atoms with van der Waals surface area (Å²) in [5.74, 6) is -3.39. The first-order chi connectivity index (χ1) is 37.6. The minimum absolute atomic E-state index is 0.0930. The summed E-state index contributed by atoms with van der Waals surface area (Å²) in [4.78, 5) is 109. The highest BCUT2D eigenvalue weighted by molar-refractivity contribution is 6.35. The van der Waals surface area contributed by atoms with Crippen molar-refractivity contribution in [3.8, 4) is 5.75 Å². The second-order valence-corrected chi connectivity index (χ2v) is 21.5. The molecule has 24 nitrogen and oxygen atoms in total. The number of amides is 8. The van der Waals surface area contributed by atoms with Crippen molar-refractivity contribution < 1.29 is 71.9 Å². The molecule has 5 rings (SSSR count). The highest BCUT2D eigenvalue weighted by atomic mass is 35.5. The average molecular weight is 1140 g/mol. The third kappa shape index (κ3) is 16.6. The molecule has 1 unspecified atom stereocenters. The van der Waals surface area contributed by atoms with Gasteiger partial charge in [0.2, 0.25) is 23.6 Å². The van der Waals surface area contributed by atoms with Crippen molar-refractivity contribution in [1.82, 2.24) is 25.8 Å². The van der Waals surface area contributed by atoms with E-state index in [0.717, 1.165) is 16.0 Å². The van der Waals surface area contributed by atoms with Crippen molar-refractivity contribution in [2.75, 3.05) is 58.7 Å². The van der Waals surface area contributed by atoms with Crippen molar-refractivity contribution in [2.45, 2.75) is 141 Å². The van der Waals surface area contributed by atoms with E-state index in [-0.39, 0.29) is 49.9 Å². The Morgan fingerprint density at radius 3 is 2.38 bits per heavy atom. The lowest BCUT2D eigenvalue weighted by molar-refractivity contribution is -0.162. The number of primary amides is 1. The molecule has 440 valence electrons. The number of ether oxygens (including phenoxy) is 6. The van der Waals surface area contributed by atoms with Gasteiger partial charge in [-0.05, 0) is 81.3 Å². The lowest BCUT2D eigenvalue weighted by Crippen LogP contribution is -2.63. The highest BCUT2D eigenvalue weighted by Gasteiger charge is 2.64. The largest absolute Gasteiger partial charge is 0.495 e. The summed E-state index contributed by atoms with van der Waals surface area (Å²) in [7, 11) is 7.24. The Hall–Kier alpha value is -6.99. The number of allylic oxidation sites excluding steroid dienone is 3. The minimum Gasteiger partial charge on any atom is -0.495 e. The summed E-state index contributed by atoms with van der Waals surface area (Å²) in [6, 6.07) is 6.23. The summed E-state index contributed by atoms with van der Waals surface area (Å²) >= 11 is 6.82. The molecule has 8 amide bonds. The summed E-state index contributed by atoms with van der Waals surface area (Å²) in [6.45, 7) is 10.3. The number of nitrogens with one attached hydrogen (secondary N) is 4. The molecule has 0 spiro atoms. The molecule has 0 aliphatic carbocycles. The van der Waals surface area contributed by atoms with Gasteiger partial charge < -0.3 is 75.6 Å². The minimum atomic E-state index is -1.90. The van der Waals surface area contributed by atoms with Crippen LogP contribution in [0.3, 0.4) is 0 Å². The number of hydrogen-bond donors (Lipinski definition) is 7. The number of halogens is 1. The number of fused-ring (bicyclic) bond motifs is 5. The number of alkyl carbamates (subject to hydrolysis) is 1. The molecule has 2 aromatic carbocycles. The number of nitrogens with zero attached hydrogens (tertiary/aromatic N) is 3. The number of likely N-dealkylation sites (N-methyl/N-ethyl adjacent to an activating group) is 1. The van der Waals surface area contributed by atoms with Crippen LogP contribution in [0.25, 0.3) is 0 Å². The van der Waals surface area contributed by atoms with E-state index in [0.29, 0.717) is 35.5 Å². The van der Waals surface area contributed by atoms with Crippen molar-refractivity contribution in [1.29, 1.82) is 0 Å². The molecule has 3 heterocycles. The van der Waals surface area contributed by atoms with Crippen molar-refractivity contribution in [2.24, 2.45) is 23.3 Å². The second kappa shape index (κ2) is 27.9. The SMILES string of the molecule is COc1cc2cc(c1Cl)N(C)C(=O)C[C@H](OC(=O)[C@H](C)N(C)C(=O)CCN(C)C(=O)OCc1ccc(NC(=O)[C@H](CCCNC(N)=O)NC(=O)[C@@H](N)C(C)C)cc1)C1(C)O[C@H]1[C@H](C)[C@@H]1C[C@@](O)(NC(=O)O1)[C@H](OC)/C=C/C=C(\C)C2. The maximum absolute atomic E-state index is 14.4. The van der Waals surface area contributed by atoms with Crippen LogP contribution in [0.5, 0.6) is 5.75 Å². The number of aliphatic hydroxyl groups is 1. The molecule has 25 heteroatoms. The predicted molar refractivity (Wildman–Crippen MR) is 295 cm³/mol. The molecule has 0 aromatic heterocycles. The maximum atomic E-state index is 14.4. The second-order valence-electron chi connectivity index (χ2n) is 21.1. The van der Waals surface area contributed by atoms with Crippen LogP contribution < -0.4 is 42.4 Å². The van der Waals surface area contributed by atoms with E-state index in [2.05, 4.69) is 21.3 Å². The number of carbonyl (C=O) groups excluding carboxylic acids is 8. The number of methoxy groups -OCH3 is 2. The molecule has 2 aromatic rings. The van der Waals surface area contributed by atoms with Gasteiger partial charge in [0.15, 0.2) is 5.72 Å². The summed E-state index contributed by atoms with van der Waals surface area (Å²) < 4.78 is 34.9.